The molecular formula is C12H17ClN2O. The van der Waals surface area contributed by atoms with Crippen LogP contribution >= 0.6 is 11.6 Å². The molecule has 0 atom stereocenters. The van der Waals surface area contributed by atoms with Gasteiger partial charge in [0.05, 0.1) is 0 Å². The van der Waals surface area contributed by atoms with E-state index in [1.165, 1.54) is 0 Å². The molecule has 0 aliphatic heterocycles. The Morgan fingerprint density at radius 2 is 2.19 bits per heavy atom. The largest absolute Gasteiger partial charge is 0.352 e. The average molecular weight is 241 g/mol. The highest BCUT2D eigenvalue weighted by Gasteiger charge is 2.06. The third-order valence-electron chi connectivity index (χ3n) is 2.35. The van der Waals surface area contributed by atoms with Crippen LogP contribution in [-0.4, -0.2) is 19.0 Å². The second kappa shape index (κ2) is 6.51. The van der Waals surface area contributed by atoms with Crippen molar-refractivity contribution in [3.05, 3.63) is 34.3 Å². The zero-order valence-electron chi connectivity index (χ0n) is 9.42. The van der Waals surface area contributed by atoms with Gasteiger partial charge in [-0.25, -0.2) is 0 Å². The van der Waals surface area contributed by atoms with Crippen molar-refractivity contribution < 1.29 is 4.79 Å². The summed E-state index contributed by atoms with van der Waals surface area (Å²) >= 11 is 5.95. The minimum Gasteiger partial charge on any atom is -0.352 e. The number of rotatable bonds is 5. The van der Waals surface area contributed by atoms with Crippen molar-refractivity contribution in [3.8, 4) is 0 Å². The van der Waals surface area contributed by atoms with Crippen LogP contribution in [0.3, 0.4) is 0 Å². The summed E-state index contributed by atoms with van der Waals surface area (Å²) in [6, 6.07) is 5.31. The van der Waals surface area contributed by atoms with Crippen LogP contribution in [0.5, 0.6) is 0 Å². The van der Waals surface area contributed by atoms with Gasteiger partial charge in [-0.05, 0) is 44.0 Å². The van der Waals surface area contributed by atoms with E-state index >= 15 is 0 Å². The van der Waals surface area contributed by atoms with Gasteiger partial charge in [-0.15, -0.1) is 0 Å². The SMILES string of the molecule is Cc1ccc(C(=O)NCCCCN)cc1Cl. The smallest absolute Gasteiger partial charge is 0.251 e. The molecule has 3 N–H and O–H groups in total. The predicted molar refractivity (Wildman–Crippen MR) is 66.8 cm³/mol. The Morgan fingerprint density at radius 1 is 1.44 bits per heavy atom. The number of hydrogen-bond acceptors (Lipinski definition) is 2. The molecule has 4 heteroatoms. The van der Waals surface area contributed by atoms with E-state index in [2.05, 4.69) is 5.32 Å². The molecule has 0 fully saturated rings. The highest BCUT2D eigenvalue weighted by molar-refractivity contribution is 6.31. The Hall–Kier alpha value is -1.06. The Morgan fingerprint density at radius 3 is 2.81 bits per heavy atom. The molecule has 0 aliphatic carbocycles. The van der Waals surface area contributed by atoms with E-state index in [1.54, 1.807) is 12.1 Å². The first kappa shape index (κ1) is 13.0. The normalized spacial score (nSPS) is 10.2. The Bertz CT molecular complexity index is 366. The van der Waals surface area contributed by atoms with E-state index in [0.29, 0.717) is 23.7 Å². The van der Waals surface area contributed by atoms with E-state index in [-0.39, 0.29) is 5.91 Å². The molecule has 16 heavy (non-hydrogen) atoms. The second-order valence-corrected chi connectivity index (χ2v) is 4.12. The summed E-state index contributed by atoms with van der Waals surface area (Å²) < 4.78 is 0. The topological polar surface area (TPSA) is 55.1 Å². The molecule has 0 bridgehead atoms. The number of aryl methyl sites for hydroxylation is 1. The van der Waals surface area contributed by atoms with E-state index in [9.17, 15) is 4.79 Å². The summed E-state index contributed by atoms with van der Waals surface area (Å²) in [6.45, 7) is 3.22. The lowest BCUT2D eigenvalue weighted by molar-refractivity contribution is 0.0953. The highest BCUT2D eigenvalue weighted by Crippen LogP contribution is 2.16. The van der Waals surface area contributed by atoms with Crippen molar-refractivity contribution in [2.45, 2.75) is 19.8 Å². The molecule has 0 radical (unpaired) electrons. The maximum absolute atomic E-state index is 11.7. The third kappa shape index (κ3) is 3.83. The maximum atomic E-state index is 11.7. The van der Waals surface area contributed by atoms with Crippen molar-refractivity contribution in [2.24, 2.45) is 5.73 Å². The number of amides is 1. The Kier molecular flexibility index (Phi) is 5.29. The number of benzene rings is 1. The minimum absolute atomic E-state index is 0.0843. The quantitative estimate of drug-likeness (QED) is 0.775. The molecule has 0 saturated heterocycles. The fourth-order valence-electron chi connectivity index (χ4n) is 1.31. The van der Waals surface area contributed by atoms with Crippen molar-refractivity contribution in [1.82, 2.24) is 5.32 Å². The molecule has 0 saturated carbocycles. The van der Waals surface area contributed by atoms with Crippen LogP contribution in [0, 0.1) is 6.92 Å². The number of nitrogens with two attached hydrogens (primary N) is 1. The first-order valence-corrected chi connectivity index (χ1v) is 5.77. The van der Waals surface area contributed by atoms with Crippen LogP contribution < -0.4 is 11.1 Å². The summed E-state index contributed by atoms with van der Waals surface area (Å²) in [5, 5.41) is 3.45. The van der Waals surface area contributed by atoms with E-state index in [0.717, 1.165) is 18.4 Å². The van der Waals surface area contributed by atoms with Crippen LogP contribution in [0.1, 0.15) is 28.8 Å². The molecule has 3 nitrogen and oxygen atoms in total. The summed E-state index contributed by atoms with van der Waals surface area (Å²) in [5.74, 6) is -0.0843. The molecule has 1 aromatic rings. The number of nitrogens with one attached hydrogen (secondary N) is 1. The van der Waals surface area contributed by atoms with Crippen molar-refractivity contribution in [1.29, 1.82) is 0 Å². The summed E-state index contributed by atoms with van der Waals surface area (Å²) in [7, 11) is 0. The van der Waals surface area contributed by atoms with Gasteiger partial charge >= 0.3 is 0 Å². The number of unbranched alkanes of at least 4 members (excludes halogenated alkanes) is 1. The number of carbonyl (C=O) groups is 1. The van der Waals surface area contributed by atoms with Crippen molar-refractivity contribution in [3.63, 3.8) is 0 Å². The Balaban J connectivity index is 2.50. The highest BCUT2D eigenvalue weighted by atomic mass is 35.5. The first-order valence-electron chi connectivity index (χ1n) is 5.39. The Labute approximate surface area is 101 Å². The molecule has 1 aromatic carbocycles. The summed E-state index contributed by atoms with van der Waals surface area (Å²) in [4.78, 5) is 11.7. The lowest BCUT2D eigenvalue weighted by atomic mass is 10.1. The zero-order chi connectivity index (χ0) is 12.0. The van der Waals surface area contributed by atoms with Crippen molar-refractivity contribution in [2.75, 3.05) is 13.1 Å². The van der Waals surface area contributed by atoms with Gasteiger partial charge in [0.15, 0.2) is 0 Å². The number of halogens is 1. The molecule has 0 heterocycles. The third-order valence-corrected chi connectivity index (χ3v) is 2.76. The van der Waals surface area contributed by atoms with Crippen LogP contribution in [0.15, 0.2) is 18.2 Å². The molecule has 1 amide bonds. The van der Waals surface area contributed by atoms with Gasteiger partial charge < -0.3 is 11.1 Å². The van der Waals surface area contributed by atoms with Crippen LogP contribution in [0.25, 0.3) is 0 Å². The lowest BCUT2D eigenvalue weighted by Gasteiger charge is -2.06. The van der Waals surface area contributed by atoms with Crippen LogP contribution in [-0.2, 0) is 0 Å². The minimum atomic E-state index is -0.0843. The van der Waals surface area contributed by atoms with E-state index < -0.39 is 0 Å². The van der Waals surface area contributed by atoms with E-state index in [4.69, 9.17) is 17.3 Å². The molecule has 0 aromatic heterocycles. The van der Waals surface area contributed by atoms with Crippen LogP contribution in [0.4, 0.5) is 0 Å². The van der Waals surface area contributed by atoms with Gasteiger partial charge in [-0.2, -0.15) is 0 Å². The predicted octanol–water partition coefficient (Wildman–Crippen LogP) is 2.12. The van der Waals surface area contributed by atoms with Crippen LogP contribution in [0.2, 0.25) is 5.02 Å². The second-order valence-electron chi connectivity index (χ2n) is 3.72. The number of hydrogen-bond donors (Lipinski definition) is 2. The summed E-state index contributed by atoms with van der Waals surface area (Å²) in [5.41, 5.74) is 6.94. The van der Waals surface area contributed by atoms with E-state index in [1.807, 2.05) is 13.0 Å². The van der Waals surface area contributed by atoms with Gasteiger partial charge in [0.25, 0.3) is 5.91 Å². The molecule has 0 aliphatic rings. The van der Waals surface area contributed by atoms with Gasteiger partial charge in [0, 0.05) is 17.1 Å². The average Bonchev–Trinajstić information content (AvgIpc) is 2.28. The standard InChI is InChI=1S/C12H17ClN2O/c1-9-4-5-10(8-11(9)13)12(16)15-7-3-2-6-14/h4-5,8H,2-3,6-7,14H2,1H3,(H,15,16). The van der Waals surface area contributed by atoms with Crippen molar-refractivity contribution >= 4 is 17.5 Å². The van der Waals surface area contributed by atoms with Gasteiger partial charge in [-0.3, -0.25) is 4.79 Å². The monoisotopic (exact) mass is 240 g/mol. The fourth-order valence-corrected chi connectivity index (χ4v) is 1.49. The molecular weight excluding hydrogens is 224 g/mol. The molecule has 0 spiro atoms. The molecule has 88 valence electrons. The lowest BCUT2D eigenvalue weighted by Crippen LogP contribution is -2.24. The zero-order valence-corrected chi connectivity index (χ0v) is 10.2. The van der Waals surface area contributed by atoms with Gasteiger partial charge in [0.1, 0.15) is 0 Å². The first-order chi connectivity index (χ1) is 7.65. The van der Waals surface area contributed by atoms with Gasteiger partial charge in [0.2, 0.25) is 0 Å². The number of carbonyl (C=O) groups excluding carboxylic acids is 1. The fraction of sp³-hybridized carbons (Fsp3) is 0.417. The summed E-state index contributed by atoms with van der Waals surface area (Å²) in [6.07, 6.45) is 1.83. The molecule has 1 rings (SSSR count). The van der Waals surface area contributed by atoms with Gasteiger partial charge in [-0.1, -0.05) is 17.7 Å². The maximum Gasteiger partial charge on any atom is 0.251 e. The molecule has 0 unspecified atom stereocenters.